The molecule has 0 radical (unpaired) electrons. The van der Waals surface area contributed by atoms with Gasteiger partial charge in [0.25, 0.3) is 0 Å². The van der Waals surface area contributed by atoms with Crippen LogP contribution in [0, 0.1) is 11.8 Å². The van der Waals surface area contributed by atoms with E-state index in [1.165, 1.54) is 7.11 Å². The Morgan fingerprint density at radius 1 is 0.818 bits per heavy atom. The SMILES string of the molecule is COc1c(CO)cc(C2c3cc4c(cc3[C@@H](OC3OC5CO[C@@H](C)O[C@H]5[C@H](OC)[C@H]3OC)[C@H]3COC[C@H]23)OCO4)cc1CO. The Morgan fingerprint density at radius 2 is 1.50 bits per heavy atom. The van der Waals surface area contributed by atoms with Gasteiger partial charge >= 0.3 is 0 Å². The Kier molecular flexibility index (Phi) is 8.46. The highest BCUT2D eigenvalue weighted by atomic mass is 16.8. The van der Waals surface area contributed by atoms with E-state index in [0.29, 0.717) is 48.2 Å². The van der Waals surface area contributed by atoms with E-state index in [-0.39, 0.29) is 50.2 Å². The van der Waals surface area contributed by atoms with E-state index in [0.717, 1.165) is 16.7 Å². The van der Waals surface area contributed by atoms with Gasteiger partial charge in [0.15, 0.2) is 24.1 Å². The molecule has 7 rings (SSSR count). The molecule has 4 heterocycles. The van der Waals surface area contributed by atoms with Crippen molar-refractivity contribution in [3.63, 3.8) is 0 Å². The van der Waals surface area contributed by atoms with Crippen LogP contribution in [0.5, 0.6) is 17.2 Å². The van der Waals surface area contributed by atoms with Crippen molar-refractivity contribution in [2.24, 2.45) is 11.8 Å². The number of ether oxygens (including phenoxy) is 10. The van der Waals surface area contributed by atoms with Gasteiger partial charge in [-0.2, -0.15) is 0 Å². The molecule has 3 saturated heterocycles. The number of fused-ring (bicyclic) bond motifs is 4. The first-order valence-electron chi connectivity index (χ1n) is 15.1. The van der Waals surface area contributed by atoms with Crippen LogP contribution in [0.2, 0.25) is 0 Å². The summed E-state index contributed by atoms with van der Waals surface area (Å²) in [4.78, 5) is 0. The average Bonchev–Trinajstić information content (AvgIpc) is 3.72. The van der Waals surface area contributed by atoms with E-state index in [1.807, 2.05) is 31.2 Å². The molecule has 0 aromatic heterocycles. The van der Waals surface area contributed by atoms with Crippen molar-refractivity contribution >= 4 is 0 Å². The third-order valence-corrected chi connectivity index (χ3v) is 9.64. The molecule has 0 amide bonds. The molecular weight excluding hydrogens is 576 g/mol. The van der Waals surface area contributed by atoms with Crippen LogP contribution in [0.25, 0.3) is 0 Å². The molecule has 3 unspecified atom stereocenters. The lowest BCUT2D eigenvalue weighted by Crippen LogP contribution is -2.64. The van der Waals surface area contributed by atoms with Crippen molar-refractivity contribution in [3.8, 4) is 17.2 Å². The van der Waals surface area contributed by atoms with Crippen LogP contribution in [0.15, 0.2) is 24.3 Å². The van der Waals surface area contributed by atoms with Crippen molar-refractivity contribution in [1.29, 1.82) is 0 Å². The summed E-state index contributed by atoms with van der Waals surface area (Å²) in [6.45, 7) is 2.84. The summed E-state index contributed by atoms with van der Waals surface area (Å²) < 4.78 is 60.4. The summed E-state index contributed by atoms with van der Waals surface area (Å²) in [5.74, 6) is 1.59. The van der Waals surface area contributed by atoms with E-state index >= 15 is 0 Å². The Morgan fingerprint density at radius 3 is 2.16 bits per heavy atom. The fourth-order valence-electron chi connectivity index (χ4n) is 7.69. The number of methoxy groups -OCH3 is 3. The van der Waals surface area contributed by atoms with Crippen LogP contribution in [0.4, 0.5) is 0 Å². The molecule has 0 bridgehead atoms. The minimum atomic E-state index is -0.782. The molecule has 12 nitrogen and oxygen atoms in total. The molecule has 1 aliphatic carbocycles. The minimum absolute atomic E-state index is 0.0112. The number of rotatable bonds is 8. The predicted octanol–water partition coefficient (Wildman–Crippen LogP) is 2.39. The summed E-state index contributed by atoms with van der Waals surface area (Å²) in [5, 5.41) is 20.4. The van der Waals surface area contributed by atoms with Crippen molar-refractivity contribution in [3.05, 3.63) is 52.1 Å². The second-order valence-corrected chi connectivity index (χ2v) is 11.9. The molecule has 240 valence electrons. The van der Waals surface area contributed by atoms with Crippen LogP contribution in [0.1, 0.15) is 46.8 Å². The van der Waals surface area contributed by atoms with Crippen molar-refractivity contribution in [1.82, 2.24) is 0 Å². The Labute approximate surface area is 255 Å². The molecule has 44 heavy (non-hydrogen) atoms. The lowest BCUT2D eigenvalue weighted by atomic mass is 9.66. The average molecular weight is 617 g/mol. The molecule has 4 aliphatic heterocycles. The highest BCUT2D eigenvalue weighted by molar-refractivity contribution is 5.56. The van der Waals surface area contributed by atoms with Crippen molar-refractivity contribution in [2.45, 2.75) is 69.2 Å². The van der Waals surface area contributed by atoms with Gasteiger partial charge in [0.05, 0.1) is 46.2 Å². The molecule has 2 aromatic rings. The largest absolute Gasteiger partial charge is 0.496 e. The smallest absolute Gasteiger partial charge is 0.231 e. The number of aliphatic hydroxyl groups excluding tert-OH is 2. The van der Waals surface area contributed by atoms with Gasteiger partial charge in [-0.15, -0.1) is 0 Å². The molecule has 0 saturated carbocycles. The van der Waals surface area contributed by atoms with Gasteiger partial charge in [-0.05, 0) is 47.9 Å². The maximum Gasteiger partial charge on any atom is 0.231 e. The first-order chi connectivity index (χ1) is 21.5. The second-order valence-electron chi connectivity index (χ2n) is 11.9. The Balaban J connectivity index is 1.31. The van der Waals surface area contributed by atoms with E-state index in [1.54, 1.807) is 14.2 Å². The van der Waals surface area contributed by atoms with E-state index in [9.17, 15) is 10.2 Å². The zero-order valence-electron chi connectivity index (χ0n) is 25.3. The predicted molar refractivity (Wildman–Crippen MR) is 151 cm³/mol. The number of hydrogen-bond acceptors (Lipinski definition) is 12. The van der Waals surface area contributed by atoms with Gasteiger partial charge in [-0.1, -0.05) is 0 Å². The normalized spacial score (nSPS) is 35.6. The first-order valence-corrected chi connectivity index (χ1v) is 15.1. The zero-order valence-corrected chi connectivity index (χ0v) is 25.3. The molecule has 0 spiro atoms. The maximum atomic E-state index is 10.2. The number of hydrogen-bond donors (Lipinski definition) is 2. The monoisotopic (exact) mass is 616 g/mol. The van der Waals surface area contributed by atoms with E-state index < -0.39 is 30.7 Å². The Bertz CT molecular complexity index is 1330. The second kappa shape index (κ2) is 12.3. The van der Waals surface area contributed by atoms with Gasteiger partial charge in [-0.25, -0.2) is 0 Å². The maximum absolute atomic E-state index is 10.2. The van der Waals surface area contributed by atoms with Crippen LogP contribution >= 0.6 is 0 Å². The fourth-order valence-corrected chi connectivity index (χ4v) is 7.69. The minimum Gasteiger partial charge on any atom is -0.496 e. The molecule has 2 aromatic carbocycles. The standard InChI is InChI=1S/C32H40O12/c1-15-39-13-25-29(42-15)30(36-3)31(37-4)32(43-25)44-28-20-8-24-23(40-14-41-24)7-19(20)26(21-11-38-12-22(21)28)16-5-17(9-33)27(35-2)18(6-16)10-34/h5-8,15,21-22,25-26,28-34H,9-14H2,1-4H3/t15-,21+,22+,25?,26?,28-,29-,30+,31-,32?/m1/s1. The lowest BCUT2D eigenvalue weighted by Gasteiger charge is -2.49. The summed E-state index contributed by atoms with van der Waals surface area (Å²) in [5.41, 5.74) is 4.07. The summed E-state index contributed by atoms with van der Waals surface area (Å²) >= 11 is 0. The quantitative estimate of drug-likeness (QED) is 0.451. The molecule has 10 atom stereocenters. The molecule has 3 fully saturated rings. The van der Waals surface area contributed by atoms with Gasteiger partial charge in [0.1, 0.15) is 30.2 Å². The summed E-state index contributed by atoms with van der Waals surface area (Å²) in [6.07, 6.45) is -3.37. The summed E-state index contributed by atoms with van der Waals surface area (Å²) in [7, 11) is 4.79. The van der Waals surface area contributed by atoms with Crippen LogP contribution < -0.4 is 14.2 Å². The third kappa shape index (κ3) is 4.97. The van der Waals surface area contributed by atoms with Crippen molar-refractivity contribution in [2.75, 3.05) is 47.9 Å². The van der Waals surface area contributed by atoms with Crippen LogP contribution in [-0.2, 0) is 46.4 Å². The van der Waals surface area contributed by atoms with Crippen LogP contribution in [0.3, 0.4) is 0 Å². The highest BCUT2D eigenvalue weighted by Gasteiger charge is 2.54. The van der Waals surface area contributed by atoms with Gasteiger partial charge in [0.2, 0.25) is 6.79 Å². The van der Waals surface area contributed by atoms with Gasteiger partial charge in [0, 0.05) is 43.1 Å². The van der Waals surface area contributed by atoms with Crippen molar-refractivity contribution < 1.29 is 57.6 Å². The first kappa shape index (κ1) is 30.2. The van der Waals surface area contributed by atoms with E-state index in [2.05, 4.69) is 0 Å². The summed E-state index contributed by atoms with van der Waals surface area (Å²) in [6, 6.07) is 7.91. The molecular formula is C32H40O12. The molecule has 2 N–H and O–H groups in total. The fraction of sp³-hybridized carbons (Fsp3) is 0.625. The lowest BCUT2D eigenvalue weighted by molar-refractivity contribution is -0.369. The topological polar surface area (TPSA) is 133 Å². The van der Waals surface area contributed by atoms with Crippen LogP contribution in [-0.4, -0.2) is 95.2 Å². The number of benzene rings is 2. The highest BCUT2D eigenvalue weighted by Crippen LogP contribution is 2.56. The van der Waals surface area contributed by atoms with Gasteiger partial charge in [-0.3, -0.25) is 0 Å². The Hall–Kier alpha value is -2.52. The molecule has 5 aliphatic rings. The van der Waals surface area contributed by atoms with Gasteiger partial charge < -0.3 is 57.6 Å². The van der Waals surface area contributed by atoms with E-state index in [4.69, 9.17) is 47.4 Å². The molecule has 12 heteroatoms. The number of aliphatic hydroxyl groups is 2. The zero-order chi connectivity index (χ0) is 30.5. The third-order valence-electron chi connectivity index (χ3n) is 9.64.